The molecule has 0 aliphatic heterocycles. The highest BCUT2D eigenvalue weighted by Gasteiger charge is 1.98. The van der Waals surface area contributed by atoms with E-state index in [4.69, 9.17) is 0 Å². The molecule has 0 spiro atoms. The molecule has 0 radical (unpaired) electrons. The summed E-state index contributed by atoms with van der Waals surface area (Å²) in [5, 5.41) is 0.242. The minimum absolute atomic E-state index is 0.242. The molecule has 0 atom stereocenters. The van der Waals surface area contributed by atoms with Crippen LogP contribution in [0.25, 0.3) is 0 Å². The standard InChI is InChI=1S/C9H11NOS/c1-2-9(11)12-7-8-3-5-10-6-4-8/h3-6H,2,7H2,1H3. The second-order valence-corrected chi connectivity index (χ2v) is 3.40. The van der Waals surface area contributed by atoms with E-state index in [0.717, 1.165) is 11.3 Å². The second kappa shape index (κ2) is 4.93. The van der Waals surface area contributed by atoms with Crippen molar-refractivity contribution in [2.45, 2.75) is 19.1 Å². The Balaban J connectivity index is 2.38. The SMILES string of the molecule is CCC(=O)SCc1ccncc1. The van der Waals surface area contributed by atoms with Crippen LogP contribution in [0.3, 0.4) is 0 Å². The Hall–Kier alpha value is -0.830. The minimum Gasteiger partial charge on any atom is -0.287 e. The molecule has 64 valence electrons. The molecule has 0 bridgehead atoms. The molecule has 0 aliphatic rings. The molecule has 3 heteroatoms. The number of hydrogen-bond donors (Lipinski definition) is 0. The van der Waals surface area contributed by atoms with Crippen molar-refractivity contribution >= 4 is 16.9 Å². The Morgan fingerprint density at radius 3 is 2.75 bits per heavy atom. The van der Waals surface area contributed by atoms with Gasteiger partial charge in [-0.3, -0.25) is 9.78 Å². The van der Waals surface area contributed by atoms with Gasteiger partial charge in [-0.15, -0.1) is 0 Å². The summed E-state index contributed by atoms with van der Waals surface area (Å²) < 4.78 is 0. The molecule has 1 aromatic rings. The summed E-state index contributed by atoms with van der Waals surface area (Å²) >= 11 is 1.36. The summed E-state index contributed by atoms with van der Waals surface area (Å²) in [6, 6.07) is 3.85. The predicted molar refractivity (Wildman–Crippen MR) is 50.8 cm³/mol. The smallest absolute Gasteiger partial charge is 0.188 e. The number of pyridine rings is 1. The number of nitrogens with zero attached hydrogens (tertiary/aromatic N) is 1. The van der Waals surface area contributed by atoms with Crippen LogP contribution in [0.4, 0.5) is 0 Å². The van der Waals surface area contributed by atoms with Crippen LogP contribution in [-0.4, -0.2) is 10.1 Å². The number of hydrogen-bond acceptors (Lipinski definition) is 3. The van der Waals surface area contributed by atoms with Crippen molar-refractivity contribution in [3.8, 4) is 0 Å². The van der Waals surface area contributed by atoms with Crippen molar-refractivity contribution in [1.82, 2.24) is 4.98 Å². The lowest BCUT2D eigenvalue weighted by atomic mass is 10.3. The number of aromatic nitrogens is 1. The van der Waals surface area contributed by atoms with Gasteiger partial charge < -0.3 is 0 Å². The van der Waals surface area contributed by atoms with Crippen LogP contribution >= 0.6 is 11.8 Å². The van der Waals surface area contributed by atoms with Gasteiger partial charge >= 0.3 is 0 Å². The summed E-state index contributed by atoms with van der Waals surface area (Å²) in [6.07, 6.45) is 4.09. The number of carbonyl (C=O) groups is 1. The fourth-order valence-electron chi connectivity index (χ4n) is 0.745. The van der Waals surface area contributed by atoms with Crippen molar-refractivity contribution < 1.29 is 4.79 Å². The number of thioether (sulfide) groups is 1. The summed E-state index contributed by atoms with van der Waals surface area (Å²) in [6.45, 7) is 1.88. The van der Waals surface area contributed by atoms with Gasteiger partial charge in [0.25, 0.3) is 0 Å². The van der Waals surface area contributed by atoms with E-state index in [0.29, 0.717) is 6.42 Å². The van der Waals surface area contributed by atoms with Gasteiger partial charge in [0.05, 0.1) is 0 Å². The molecule has 0 aromatic carbocycles. The van der Waals surface area contributed by atoms with Gasteiger partial charge in [-0.05, 0) is 17.7 Å². The van der Waals surface area contributed by atoms with E-state index in [9.17, 15) is 4.79 Å². The largest absolute Gasteiger partial charge is 0.287 e. The molecule has 0 saturated carbocycles. The van der Waals surface area contributed by atoms with Gasteiger partial charge in [0, 0.05) is 24.6 Å². The topological polar surface area (TPSA) is 30.0 Å². The Bertz CT molecular complexity index is 248. The van der Waals surface area contributed by atoms with Crippen LogP contribution in [-0.2, 0) is 10.5 Å². The van der Waals surface area contributed by atoms with Gasteiger partial charge in [0.2, 0.25) is 0 Å². The fourth-order valence-corrected chi connectivity index (χ4v) is 1.47. The third-order valence-corrected chi connectivity index (χ3v) is 2.53. The van der Waals surface area contributed by atoms with E-state index in [1.807, 2.05) is 19.1 Å². The number of carbonyl (C=O) groups excluding carboxylic acids is 1. The van der Waals surface area contributed by atoms with E-state index in [1.54, 1.807) is 12.4 Å². The zero-order valence-corrected chi connectivity index (χ0v) is 7.80. The second-order valence-electron chi connectivity index (χ2n) is 2.37. The van der Waals surface area contributed by atoms with Crippen molar-refractivity contribution in [3.63, 3.8) is 0 Å². The molecule has 0 amide bonds. The van der Waals surface area contributed by atoms with Crippen LogP contribution in [0.2, 0.25) is 0 Å². The first kappa shape index (κ1) is 9.26. The lowest BCUT2D eigenvalue weighted by Crippen LogP contribution is -1.89. The maximum Gasteiger partial charge on any atom is 0.188 e. The van der Waals surface area contributed by atoms with Crippen LogP contribution < -0.4 is 0 Å². The molecular formula is C9H11NOS. The van der Waals surface area contributed by atoms with Crippen molar-refractivity contribution in [1.29, 1.82) is 0 Å². The highest BCUT2D eigenvalue weighted by Crippen LogP contribution is 2.12. The van der Waals surface area contributed by atoms with Crippen LogP contribution in [0, 0.1) is 0 Å². The third kappa shape index (κ3) is 3.05. The average Bonchev–Trinajstić information content (AvgIpc) is 2.16. The zero-order chi connectivity index (χ0) is 8.81. The third-order valence-electron chi connectivity index (χ3n) is 1.44. The Morgan fingerprint density at radius 1 is 1.50 bits per heavy atom. The first-order chi connectivity index (χ1) is 5.83. The molecule has 1 rings (SSSR count). The van der Waals surface area contributed by atoms with Gasteiger partial charge in [-0.2, -0.15) is 0 Å². The molecule has 0 aliphatic carbocycles. The average molecular weight is 181 g/mol. The van der Waals surface area contributed by atoms with E-state index in [-0.39, 0.29) is 5.12 Å². The molecule has 0 fully saturated rings. The van der Waals surface area contributed by atoms with Crippen molar-refractivity contribution in [2.24, 2.45) is 0 Å². The van der Waals surface area contributed by atoms with Gasteiger partial charge in [0.15, 0.2) is 5.12 Å². The summed E-state index contributed by atoms with van der Waals surface area (Å²) in [4.78, 5) is 14.8. The van der Waals surface area contributed by atoms with E-state index < -0.39 is 0 Å². The minimum atomic E-state index is 0.242. The molecule has 0 unspecified atom stereocenters. The van der Waals surface area contributed by atoms with Gasteiger partial charge in [-0.25, -0.2) is 0 Å². The lowest BCUT2D eigenvalue weighted by Gasteiger charge is -1.97. The van der Waals surface area contributed by atoms with Crippen LogP contribution in [0.15, 0.2) is 24.5 Å². The molecule has 1 heterocycles. The number of rotatable bonds is 3. The highest BCUT2D eigenvalue weighted by atomic mass is 32.2. The summed E-state index contributed by atoms with van der Waals surface area (Å²) in [7, 11) is 0. The molecule has 0 N–H and O–H groups in total. The Kier molecular flexibility index (Phi) is 3.80. The van der Waals surface area contributed by atoms with Gasteiger partial charge in [0.1, 0.15) is 0 Å². The lowest BCUT2D eigenvalue weighted by molar-refractivity contribution is -0.110. The van der Waals surface area contributed by atoms with Crippen molar-refractivity contribution in [3.05, 3.63) is 30.1 Å². The van der Waals surface area contributed by atoms with Crippen LogP contribution in [0.1, 0.15) is 18.9 Å². The van der Waals surface area contributed by atoms with Gasteiger partial charge in [-0.1, -0.05) is 18.7 Å². The zero-order valence-electron chi connectivity index (χ0n) is 6.99. The Morgan fingerprint density at radius 2 is 2.17 bits per heavy atom. The maximum atomic E-state index is 10.9. The van der Waals surface area contributed by atoms with Crippen LogP contribution in [0.5, 0.6) is 0 Å². The quantitative estimate of drug-likeness (QED) is 0.716. The summed E-state index contributed by atoms with van der Waals surface area (Å²) in [5.41, 5.74) is 1.15. The molecule has 2 nitrogen and oxygen atoms in total. The first-order valence-electron chi connectivity index (χ1n) is 3.87. The molecule has 0 saturated heterocycles. The van der Waals surface area contributed by atoms with E-state index in [1.165, 1.54) is 11.8 Å². The molecular weight excluding hydrogens is 170 g/mol. The normalized spacial score (nSPS) is 9.75. The monoisotopic (exact) mass is 181 g/mol. The maximum absolute atomic E-state index is 10.9. The molecule has 12 heavy (non-hydrogen) atoms. The fraction of sp³-hybridized carbons (Fsp3) is 0.333. The molecule has 1 aromatic heterocycles. The summed E-state index contributed by atoms with van der Waals surface area (Å²) in [5.74, 6) is 0.759. The van der Waals surface area contributed by atoms with E-state index >= 15 is 0 Å². The Labute approximate surface area is 76.4 Å². The first-order valence-corrected chi connectivity index (χ1v) is 4.86. The predicted octanol–water partition coefficient (Wildman–Crippen LogP) is 2.25. The highest BCUT2D eigenvalue weighted by molar-refractivity contribution is 8.12. The van der Waals surface area contributed by atoms with E-state index in [2.05, 4.69) is 4.98 Å². The van der Waals surface area contributed by atoms with Crippen molar-refractivity contribution in [2.75, 3.05) is 0 Å².